The highest BCUT2D eigenvalue weighted by atomic mass is 32.1. The van der Waals surface area contributed by atoms with Gasteiger partial charge in [0.2, 0.25) is 0 Å². The molecule has 0 aliphatic carbocycles. The first kappa shape index (κ1) is 16.1. The molecule has 1 aromatic heterocycles. The molecule has 0 aliphatic rings. The Kier molecular flexibility index (Phi) is 3.78. The van der Waals surface area contributed by atoms with E-state index in [1.165, 1.54) is 19.1 Å². The van der Waals surface area contributed by atoms with Gasteiger partial charge in [0.05, 0.1) is 5.69 Å². The van der Waals surface area contributed by atoms with Gasteiger partial charge in [-0.1, -0.05) is 6.07 Å². The monoisotopic (exact) mass is 332 g/mol. The quantitative estimate of drug-likeness (QED) is 0.622. The van der Waals surface area contributed by atoms with Crippen LogP contribution in [-0.4, -0.2) is 19.3 Å². The highest BCUT2D eigenvalue weighted by Gasteiger charge is 2.34. The molecule has 0 aliphatic heterocycles. The smallest absolute Gasteiger partial charge is 0.431 e. The molecule has 9 heteroatoms. The van der Waals surface area contributed by atoms with Crippen molar-refractivity contribution in [2.75, 3.05) is 0 Å². The normalized spacial score (nSPS) is 11.7. The maximum atomic E-state index is 12.8. The summed E-state index contributed by atoms with van der Waals surface area (Å²) in [6, 6.07) is 3.07. The van der Waals surface area contributed by atoms with E-state index >= 15 is 0 Å². The van der Waals surface area contributed by atoms with Crippen LogP contribution in [0.5, 0.6) is 11.5 Å². The summed E-state index contributed by atoms with van der Waals surface area (Å²) in [6.07, 6.45) is -4.74. The van der Waals surface area contributed by atoms with E-state index in [1.54, 1.807) is 0 Å². The Labute approximate surface area is 127 Å². The maximum Gasteiger partial charge on any atom is 0.431 e. The van der Waals surface area contributed by atoms with Crippen LogP contribution in [0.25, 0.3) is 5.69 Å². The van der Waals surface area contributed by atoms with Crippen molar-refractivity contribution in [2.45, 2.75) is 13.1 Å². The zero-order chi connectivity index (χ0) is 16.8. The fraction of sp³-hybridized carbons (Fsp3) is 0.231. The van der Waals surface area contributed by atoms with Crippen LogP contribution in [0.4, 0.5) is 13.2 Å². The van der Waals surface area contributed by atoms with Gasteiger partial charge in [-0.2, -0.15) is 13.2 Å². The van der Waals surface area contributed by atoms with E-state index in [2.05, 4.69) is 0 Å². The molecule has 0 unspecified atom stereocenters. The first-order valence-electron chi connectivity index (χ1n) is 5.98. The van der Waals surface area contributed by atoms with Crippen molar-refractivity contribution < 1.29 is 23.4 Å². The molecule has 1 aromatic carbocycles. The number of hydrogen-bond acceptors (Lipinski definition) is 4. The summed E-state index contributed by atoms with van der Waals surface area (Å²) in [5, 5.41) is 19.6. The topological polar surface area (TPSA) is 67.4 Å². The van der Waals surface area contributed by atoms with Crippen LogP contribution < -0.4 is 5.56 Å². The minimum absolute atomic E-state index is 0.192. The Morgan fingerprint density at radius 3 is 2.32 bits per heavy atom. The SMILES string of the molecule is Cc1ccc(-n2c(=O)cc(C(F)(F)F)n(C)c2=S)c(O)c1O. The summed E-state index contributed by atoms with van der Waals surface area (Å²) >= 11 is 4.89. The van der Waals surface area contributed by atoms with Gasteiger partial charge in [-0.25, -0.2) is 4.57 Å². The minimum atomic E-state index is -4.74. The largest absolute Gasteiger partial charge is 0.504 e. The Balaban J connectivity index is 2.86. The van der Waals surface area contributed by atoms with Gasteiger partial charge in [0.15, 0.2) is 16.3 Å². The van der Waals surface area contributed by atoms with Gasteiger partial charge in [-0.15, -0.1) is 0 Å². The number of hydrogen-bond donors (Lipinski definition) is 2. The van der Waals surface area contributed by atoms with E-state index in [4.69, 9.17) is 12.2 Å². The van der Waals surface area contributed by atoms with E-state index in [9.17, 15) is 28.2 Å². The summed E-state index contributed by atoms with van der Waals surface area (Å²) in [4.78, 5) is 12.0. The molecule has 118 valence electrons. The second kappa shape index (κ2) is 5.16. The molecular weight excluding hydrogens is 321 g/mol. The Morgan fingerprint density at radius 2 is 1.77 bits per heavy atom. The lowest BCUT2D eigenvalue weighted by atomic mass is 10.2. The standard InChI is InChI=1S/C13H11F3N2O3S/c1-6-3-4-7(11(21)10(6)20)18-9(19)5-8(13(14,15)16)17(2)12(18)22/h3-5,20-21H,1-2H3. The van der Waals surface area contributed by atoms with E-state index in [-0.39, 0.29) is 5.69 Å². The molecule has 0 radical (unpaired) electrons. The number of nitrogens with zero attached hydrogens (tertiary/aromatic N) is 2. The molecule has 5 nitrogen and oxygen atoms in total. The number of halogens is 3. The highest BCUT2D eigenvalue weighted by Crippen LogP contribution is 2.34. The van der Waals surface area contributed by atoms with E-state index in [0.717, 1.165) is 11.6 Å². The molecule has 2 aromatic rings. The molecule has 0 saturated heterocycles. The minimum Gasteiger partial charge on any atom is -0.504 e. The molecule has 0 amide bonds. The number of alkyl halides is 3. The lowest BCUT2D eigenvalue weighted by Crippen LogP contribution is -2.27. The lowest BCUT2D eigenvalue weighted by Gasteiger charge is -2.16. The molecule has 0 saturated carbocycles. The van der Waals surface area contributed by atoms with Crippen LogP contribution in [-0.2, 0) is 13.2 Å². The Hall–Kier alpha value is -2.29. The van der Waals surface area contributed by atoms with Crippen LogP contribution in [0.2, 0.25) is 0 Å². The van der Waals surface area contributed by atoms with Gasteiger partial charge in [-0.3, -0.25) is 4.79 Å². The predicted octanol–water partition coefficient (Wildman–Crippen LogP) is 2.64. The van der Waals surface area contributed by atoms with Crippen molar-refractivity contribution in [3.05, 3.63) is 44.6 Å². The summed E-state index contributed by atoms with van der Waals surface area (Å²) in [6.45, 7) is 1.52. The molecule has 0 atom stereocenters. The molecule has 2 N–H and O–H groups in total. The van der Waals surface area contributed by atoms with Gasteiger partial charge < -0.3 is 14.8 Å². The van der Waals surface area contributed by atoms with Crippen LogP contribution in [0.15, 0.2) is 23.0 Å². The van der Waals surface area contributed by atoms with Gasteiger partial charge in [0, 0.05) is 13.1 Å². The second-order valence-electron chi connectivity index (χ2n) is 4.64. The average Bonchev–Trinajstić information content (AvgIpc) is 2.41. The van der Waals surface area contributed by atoms with Gasteiger partial charge >= 0.3 is 6.18 Å². The Morgan fingerprint density at radius 1 is 1.18 bits per heavy atom. The van der Waals surface area contributed by atoms with E-state index in [0.29, 0.717) is 16.2 Å². The zero-order valence-electron chi connectivity index (χ0n) is 11.5. The van der Waals surface area contributed by atoms with Gasteiger partial charge in [0.25, 0.3) is 5.56 Å². The van der Waals surface area contributed by atoms with E-state index in [1.807, 2.05) is 0 Å². The van der Waals surface area contributed by atoms with Gasteiger partial charge in [0.1, 0.15) is 5.69 Å². The number of phenols is 2. The molecule has 0 bridgehead atoms. The summed E-state index contributed by atoms with van der Waals surface area (Å²) < 4.78 is 39.4. The molecule has 22 heavy (non-hydrogen) atoms. The highest BCUT2D eigenvalue weighted by molar-refractivity contribution is 7.71. The maximum absolute atomic E-state index is 12.8. The van der Waals surface area contributed by atoms with Crippen LogP contribution in [0.3, 0.4) is 0 Å². The molecule has 0 spiro atoms. The average molecular weight is 332 g/mol. The molecule has 2 rings (SSSR count). The molecule has 0 fully saturated rings. The fourth-order valence-corrected chi connectivity index (χ4v) is 2.26. The van der Waals surface area contributed by atoms with Crippen molar-refractivity contribution in [1.29, 1.82) is 0 Å². The first-order chi connectivity index (χ1) is 10.1. The van der Waals surface area contributed by atoms with Crippen LogP contribution in [0.1, 0.15) is 11.3 Å². The van der Waals surface area contributed by atoms with Crippen molar-refractivity contribution in [3.8, 4) is 17.2 Å². The Bertz CT molecular complexity index is 869. The third-order valence-electron chi connectivity index (χ3n) is 3.18. The number of benzene rings is 1. The third-order valence-corrected chi connectivity index (χ3v) is 3.64. The molecular formula is C13H11F3N2O3S. The van der Waals surface area contributed by atoms with Crippen molar-refractivity contribution in [1.82, 2.24) is 9.13 Å². The predicted molar refractivity (Wildman–Crippen MR) is 74.9 cm³/mol. The summed E-state index contributed by atoms with van der Waals surface area (Å²) in [5.74, 6) is -1.10. The number of aryl methyl sites for hydroxylation is 1. The van der Waals surface area contributed by atoms with E-state index < -0.39 is 33.7 Å². The molecule has 1 heterocycles. The zero-order valence-corrected chi connectivity index (χ0v) is 12.3. The number of rotatable bonds is 1. The number of phenolic OH excluding ortho intramolecular Hbond substituents is 2. The van der Waals surface area contributed by atoms with Crippen LogP contribution >= 0.6 is 12.2 Å². The first-order valence-corrected chi connectivity index (χ1v) is 6.38. The van der Waals surface area contributed by atoms with Crippen molar-refractivity contribution in [3.63, 3.8) is 0 Å². The van der Waals surface area contributed by atoms with Gasteiger partial charge in [-0.05, 0) is 30.8 Å². The second-order valence-corrected chi connectivity index (χ2v) is 5.01. The number of aromatic hydroxyl groups is 2. The van der Waals surface area contributed by atoms with Crippen LogP contribution in [0, 0.1) is 11.7 Å². The van der Waals surface area contributed by atoms with Crippen molar-refractivity contribution >= 4 is 12.2 Å². The summed E-state index contributed by atoms with van der Waals surface area (Å²) in [5.41, 5.74) is -2.11. The summed E-state index contributed by atoms with van der Waals surface area (Å²) in [7, 11) is 1.06. The van der Waals surface area contributed by atoms with Crippen molar-refractivity contribution in [2.24, 2.45) is 7.05 Å². The third kappa shape index (κ3) is 2.47. The fourth-order valence-electron chi connectivity index (χ4n) is 1.97. The number of aromatic nitrogens is 2. The lowest BCUT2D eigenvalue weighted by molar-refractivity contribution is -0.143.